The number of nitrogens with zero attached hydrogens (tertiary/aromatic N) is 1. The zero-order valence-corrected chi connectivity index (χ0v) is 10.0. The van der Waals surface area contributed by atoms with Crippen LogP contribution in [0.1, 0.15) is 37.7 Å². The molecule has 1 amide bonds. The number of nitrogen functional groups attached to an aromatic ring is 1. The minimum absolute atomic E-state index is 0.149. The Morgan fingerprint density at radius 3 is 2.69 bits per heavy atom. The van der Waals surface area contributed by atoms with Crippen LogP contribution in [0.3, 0.4) is 0 Å². The van der Waals surface area contributed by atoms with Gasteiger partial charge in [-0.15, -0.1) is 0 Å². The number of nitrogens with one attached hydrogen (secondary N) is 1. The largest absolute Gasteiger partial charge is 0.384 e. The summed E-state index contributed by atoms with van der Waals surface area (Å²) in [6.07, 6.45) is 0.952. The minimum Gasteiger partial charge on any atom is -0.384 e. The second-order valence-electron chi connectivity index (χ2n) is 4.45. The van der Waals surface area contributed by atoms with Gasteiger partial charge in [-0.1, -0.05) is 19.9 Å². The fraction of sp³-hybridized carbons (Fsp3) is 0.500. The number of pyridine rings is 1. The molecular weight excluding hydrogens is 202 g/mol. The van der Waals surface area contributed by atoms with Gasteiger partial charge in [-0.2, -0.15) is 0 Å². The first-order chi connectivity index (χ1) is 7.49. The third-order valence-corrected chi connectivity index (χ3v) is 2.21. The Morgan fingerprint density at radius 1 is 1.44 bits per heavy atom. The molecule has 88 valence electrons. The van der Waals surface area contributed by atoms with Gasteiger partial charge in [-0.05, 0) is 31.4 Å². The van der Waals surface area contributed by atoms with Crippen molar-refractivity contribution in [3.05, 3.63) is 23.9 Å². The summed E-state index contributed by atoms with van der Waals surface area (Å²) in [6, 6.07) is 5.20. The molecule has 0 radical (unpaired) electrons. The fourth-order valence-electron chi connectivity index (χ4n) is 1.64. The maximum atomic E-state index is 11.8. The van der Waals surface area contributed by atoms with E-state index in [-0.39, 0.29) is 11.9 Å². The highest BCUT2D eigenvalue weighted by atomic mass is 16.1. The lowest BCUT2D eigenvalue weighted by Crippen LogP contribution is -2.34. The first-order valence-corrected chi connectivity index (χ1v) is 5.52. The van der Waals surface area contributed by atoms with Crippen molar-refractivity contribution in [1.29, 1.82) is 0 Å². The summed E-state index contributed by atoms with van der Waals surface area (Å²) in [6.45, 7) is 6.24. The third kappa shape index (κ3) is 3.88. The quantitative estimate of drug-likeness (QED) is 0.815. The normalized spacial score (nSPS) is 12.5. The number of carbonyl (C=O) groups is 1. The molecular formula is C12H19N3O. The molecule has 16 heavy (non-hydrogen) atoms. The lowest BCUT2D eigenvalue weighted by molar-refractivity contribution is 0.0931. The van der Waals surface area contributed by atoms with Crippen molar-refractivity contribution in [2.75, 3.05) is 5.73 Å². The van der Waals surface area contributed by atoms with Gasteiger partial charge in [0.2, 0.25) is 0 Å². The lowest BCUT2D eigenvalue weighted by Gasteiger charge is -2.15. The molecule has 1 heterocycles. The van der Waals surface area contributed by atoms with E-state index < -0.39 is 0 Å². The monoisotopic (exact) mass is 221 g/mol. The number of carbonyl (C=O) groups excluding carboxylic acids is 1. The van der Waals surface area contributed by atoms with Crippen molar-refractivity contribution in [2.45, 2.75) is 33.2 Å². The van der Waals surface area contributed by atoms with Crippen molar-refractivity contribution in [2.24, 2.45) is 5.92 Å². The van der Waals surface area contributed by atoms with E-state index in [1.165, 1.54) is 0 Å². The summed E-state index contributed by atoms with van der Waals surface area (Å²) in [7, 11) is 0. The second kappa shape index (κ2) is 5.49. The Kier molecular flexibility index (Phi) is 4.28. The summed E-state index contributed by atoms with van der Waals surface area (Å²) in [4.78, 5) is 15.7. The predicted molar refractivity (Wildman–Crippen MR) is 65.0 cm³/mol. The van der Waals surface area contributed by atoms with E-state index >= 15 is 0 Å². The molecule has 0 saturated carbocycles. The van der Waals surface area contributed by atoms with Crippen molar-refractivity contribution in [1.82, 2.24) is 10.3 Å². The van der Waals surface area contributed by atoms with Crippen molar-refractivity contribution in [3.63, 3.8) is 0 Å². The summed E-state index contributed by atoms with van der Waals surface area (Å²) >= 11 is 0. The van der Waals surface area contributed by atoms with Gasteiger partial charge < -0.3 is 11.1 Å². The molecule has 4 heteroatoms. The van der Waals surface area contributed by atoms with E-state index in [0.29, 0.717) is 17.4 Å². The smallest absolute Gasteiger partial charge is 0.270 e. The van der Waals surface area contributed by atoms with Gasteiger partial charge in [-0.3, -0.25) is 4.79 Å². The average molecular weight is 221 g/mol. The topological polar surface area (TPSA) is 68.0 Å². The Morgan fingerprint density at radius 2 is 2.12 bits per heavy atom. The van der Waals surface area contributed by atoms with E-state index in [2.05, 4.69) is 24.1 Å². The molecule has 0 aromatic carbocycles. The van der Waals surface area contributed by atoms with Crippen LogP contribution in [-0.2, 0) is 0 Å². The molecule has 0 bridgehead atoms. The maximum Gasteiger partial charge on any atom is 0.270 e. The molecule has 0 aliphatic rings. The SMILES string of the molecule is CC(C)CC(C)NC(=O)c1cccc(N)n1. The number of hydrogen-bond acceptors (Lipinski definition) is 3. The zero-order chi connectivity index (χ0) is 12.1. The first-order valence-electron chi connectivity index (χ1n) is 5.52. The van der Waals surface area contributed by atoms with E-state index in [9.17, 15) is 4.79 Å². The Hall–Kier alpha value is -1.58. The Bertz CT molecular complexity index is 363. The molecule has 0 aliphatic carbocycles. The molecule has 1 aromatic heterocycles. The van der Waals surface area contributed by atoms with Crippen LogP contribution < -0.4 is 11.1 Å². The average Bonchev–Trinajstić information content (AvgIpc) is 2.16. The molecule has 0 aliphatic heterocycles. The van der Waals surface area contributed by atoms with E-state index in [1.807, 2.05) is 6.92 Å². The molecule has 1 unspecified atom stereocenters. The van der Waals surface area contributed by atoms with Crippen molar-refractivity contribution in [3.8, 4) is 0 Å². The minimum atomic E-state index is -0.166. The number of anilines is 1. The molecule has 3 N–H and O–H groups in total. The highest BCUT2D eigenvalue weighted by molar-refractivity contribution is 5.92. The Labute approximate surface area is 96.3 Å². The fourth-order valence-corrected chi connectivity index (χ4v) is 1.64. The van der Waals surface area contributed by atoms with E-state index in [1.54, 1.807) is 18.2 Å². The van der Waals surface area contributed by atoms with Gasteiger partial charge in [0.05, 0.1) is 0 Å². The molecule has 1 atom stereocenters. The van der Waals surface area contributed by atoms with E-state index in [0.717, 1.165) is 6.42 Å². The van der Waals surface area contributed by atoms with Crippen LogP contribution in [0.25, 0.3) is 0 Å². The third-order valence-electron chi connectivity index (χ3n) is 2.21. The molecule has 0 saturated heterocycles. The number of hydrogen-bond donors (Lipinski definition) is 2. The summed E-state index contributed by atoms with van der Waals surface area (Å²) in [5.41, 5.74) is 5.89. The van der Waals surface area contributed by atoms with Gasteiger partial charge in [-0.25, -0.2) is 4.98 Å². The van der Waals surface area contributed by atoms with Crippen LogP contribution in [0.15, 0.2) is 18.2 Å². The van der Waals surface area contributed by atoms with Crippen LogP contribution in [0.4, 0.5) is 5.82 Å². The van der Waals surface area contributed by atoms with Crippen LogP contribution in [-0.4, -0.2) is 16.9 Å². The number of amides is 1. The van der Waals surface area contributed by atoms with Gasteiger partial charge in [0.15, 0.2) is 0 Å². The van der Waals surface area contributed by atoms with Crippen LogP contribution in [0, 0.1) is 5.92 Å². The number of nitrogens with two attached hydrogens (primary N) is 1. The first kappa shape index (κ1) is 12.5. The van der Waals surface area contributed by atoms with Crippen molar-refractivity contribution < 1.29 is 4.79 Å². The summed E-state index contributed by atoms with van der Waals surface area (Å²) in [5, 5.41) is 2.90. The predicted octanol–water partition coefficient (Wildman–Crippen LogP) is 1.83. The van der Waals surface area contributed by atoms with Gasteiger partial charge in [0.25, 0.3) is 5.91 Å². The summed E-state index contributed by atoms with van der Waals surface area (Å²) < 4.78 is 0. The van der Waals surface area contributed by atoms with Gasteiger partial charge in [0.1, 0.15) is 11.5 Å². The maximum absolute atomic E-state index is 11.8. The summed E-state index contributed by atoms with van der Waals surface area (Å²) in [5.74, 6) is 0.758. The van der Waals surface area contributed by atoms with Crippen LogP contribution in [0.2, 0.25) is 0 Å². The van der Waals surface area contributed by atoms with Crippen LogP contribution >= 0.6 is 0 Å². The van der Waals surface area contributed by atoms with Crippen LogP contribution in [0.5, 0.6) is 0 Å². The van der Waals surface area contributed by atoms with Gasteiger partial charge >= 0.3 is 0 Å². The molecule has 0 spiro atoms. The van der Waals surface area contributed by atoms with E-state index in [4.69, 9.17) is 5.73 Å². The Balaban J connectivity index is 2.59. The highest BCUT2D eigenvalue weighted by Gasteiger charge is 2.11. The van der Waals surface area contributed by atoms with Gasteiger partial charge in [0, 0.05) is 6.04 Å². The molecule has 1 aromatic rings. The standard InChI is InChI=1S/C12H19N3O/c1-8(2)7-9(3)14-12(16)10-5-4-6-11(13)15-10/h4-6,8-9H,7H2,1-3H3,(H2,13,15)(H,14,16). The number of rotatable bonds is 4. The highest BCUT2D eigenvalue weighted by Crippen LogP contribution is 2.05. The lowest BCUT2D eigenvalue weighted by atomic mass is 10.1. The second-order valence-corrected chi connectivity index (χ2v) is 4.45. The number of aromatic nitrogens is 1. The molecule has 4 nitrogen and oxygen atoms in total. The van der Waals surface area contributed by atoms with Crippen molar-refractivity contribution >= 4 is 11.7 Å². The molecule has 1 rings (SSSR count). The molecule has 0 fully saturated rings. The zero-order valence-electron chi connectivity index (χ0n) is 10.0.